The van der Waals surface area contributed by atoms with Gasteiger partial charge in [0.15, 0.2) is 0 Å². The number of allylic oxidation sites excluding steroid dienone is 3. The largest absolute Gasteiger partial charge is 0.465 e. The molecule has 0 aliphatic carbocycles. The van der Waals surface area contributed by atoms with Crippen molar-refractivity contribution in [2.24, 2.45) is 11.8 Å². The fourth-order valence-electron chi connectivity index (χ4n) is 1.94. The summed E-state index contributed by atoms with van der Waals surface area (Å²) in [5, 5.41) is 0. The molecule has 0 unspecified atom stereocenters. The third-order valence-electron chi connectivity index (χ3n) is 3.09. The Bertz CT molecular complexity index is 326. The Morgan fingerprint density at radius 2 is 2.25 bits per heavy atom. The lowest BCUT2D eigenvalue weighted by molar-refractivity contribution is -0.141. The van der Waals surface area contributed by atoms with Crippen molar-refractivity contribution in [3.8, 4) is 0 Å². The van der Waals surface area contributed by atoms with Crippen molar-refractivity contribution in [1.82, 2.24) is 0 Å². The van der Waals surface area contributed by atoms with Crippen LogP contribution in [0.2, 0.25) is 0 Å². The Labute approximate surface area is 97.7 Å². The van der Waals surface area contributed by atoms with E-state index in [0.29, 0.717) is 6.61 Å². The molecule has 1 rings (SSSR count). The Morgan fingerprint density at radius 3 is 2.81 bits per heavy atom. The van der Waals surface area contributed by atoms with Gasteiger partial charge in [-0.05, 0) is 26.7 Å². The van der Waals surface area contributed by atoms with Crippen LogP contribution in [0.25, 0.3) is 0 Å². The number of carbonyl (C=O) groups is 1. The van der Waals surface area contributed by atoms with Crippen LogP contribution >= 0.6 is 0 Å². The number of hydrogen-bond donors (Lipinski definition) is 0. The molecule has 0 aromatic rings. The van der Waals surface area contributed by atoms with Crippen molar-refractivity contribution in [3.05, 3.63) is 36.5 Å². The molecule has 2 atom stereocenters. The SMILES string of the molecule is C=C/C(C)=C/CC[C@@H]1C(=O)OC[C@@H]1C(=C)C. The third-order valence-corrected chi connectivity index (χ3v) is 3.09. The Kier molecular flexibility index (Phi) is 4.53. The van der Waals surface area contributed by atoms with Gasteiger partial charge in [-0.15, -0.1) is 0 Å². The number of carbonyl (C=O) groups excluding carboxylic acids is 1. The molecule has 88 valence electrons. The minimum Gasteiger partial charge on any atom is -0.465 e. The van der Waals surface area contributed by atoms with Gasteiger partial charge in [0.25, 0.3) is 0 Å². The van der Waals surface area contributed by atoms with Crippen LogP contribution in [0, 0.1) is 11.8 Å². The Morgan fingerprint density at radius 1 is 1.56 bits per heavy atom. The van der Waals surface area contributed by atoms with Gasteiger partial charge >= 0.3 is 5.97 Å². The average molecular weight is 220 g/mol. The van der Waals surface area contributed by atoms with Crippen molar-refractivity contribution >= 4 is 5.97 Å². The maximum atomic E-state index is 11.5. The van der Waals surface area contributed by atoms with Crippen molar-refractivity contribution in [2.75, 3.05) is 6.61 Å². The monoisotopic (exact) mass is 220 g/mol. The van der Waals surface area contributed by atoms with Gasteiger partial charge in [-0.2, -0.15) is 0 Å². The number of rotatable bonds is 5. The predicted molar refractivity (Wildman–Crippen MR) is 65.9 cm³/mol. The lowest BCUT2D eigenvalue weighted by Crippen LogP contribution is -2.16. The molecule has 0 spiro atoms. The zero-order valence-electron chi connectivity index (χ0n) is 10.2. The molecule has 1 heterocycles. The third kappa shape index (κ3) is 3.09. The molecule has 1 fully saturated rings. The van der Waals surface area contributed by atoms with Crippen LogP contribution in [0.1, 0.15) is 26.7 Å². The zero-order valence-corrected chi connectivity index (χ0v) is 10.2. The molecule has 1 aliphatic rings. The molecule has 0 aromatic heterocycles. The van der Waals surface area contributed by atoms with Gasteiger partial charge in [0, 0.05) is 5.92 Å². The summed E-state index contributed by atoms with van der Waals surface area (Å²) in [6.07, 6.45) is 5.65. The van der Waals surface area contributed by atoms with Crippen LogP contribution in [-0.4, -0.2) is 12.6 Å². The highest BCUT2D eigenvalue weighted by Gasteiger charge is 2.36. The summed E-state index contributed by atoms with van der Waals surface area (Å²) in [4.78, 5) is 11.5. The van der Waals surface area contributed by atoms with E-state index in [1.807, 2.05) is 19.9 Å². The highest BCUT2D eigenvalue weighted by atomic mass is 16.5. The molecule has 0 amide bonds. The van der Waals surface area contributed by atoms with Crippen LogP contribution < -0.4 is 0 Å². The fraction of sp³-hybridized carbons (Fsp3) is 0.500. The molecule has 0 N–H and O–H groups in total. The molecule has 0 saturated carbocycles. The van der Waals surface area contributed by atoms with E-state index in [1.54, 1.807) is 0 Å². The summed E-state index contributed by atoms with van der Waals surface area (Å²) in [6, 6.07) is 0. The minimum atomic E-state index is -0.0716. The van der Waals surface area contributed by atoms with E-state index < -0.39 is 0 Å². The lowest BCUT2D eigenvalue weighted by Gasteiger charge is -2.13. The smallest absolute Gasteiger partial charge is 0.309 e. The number of esters is 1. The summed E-state index contributed by atoms with van der Waals surface area (Å²) in [6.45, 7) is 12.1. The Hall–Kier alpha value is -1.31. The second-order valence-electron chi connectivity index (χ2n) is 4.42. The van der Waals surface area contributed by atoms with Gasteiger partial charge in [-0.3, -0.25) is 4.79 Å². The van der Waals surface area contributed by atoms with Crippen molar-refractivity contribution < 1.29 is 9.53 Å². The Balaban J connectivity index is 2.54. The molecule has 0 bridgehead atoms. The van der Waals surface area contributed by atoms with Crippen LogP contribution in [0.15, 0.2) is 36.5 Å². The van der Waals surface area contributed by atoms with Gasteiger partial charge in [-0.1, -0.05) is 36.5 Å². The van der Waals surface area contributed by atoms with E-state index in [9.17, 15) is 4.79 Å². The zero-order chi connectivity index (χ0) is 12.1. The maximum absolute atomic E-state index is 11.5. The second-order valence-corrected chi connectivity index (χ2v) is 4.42. The summed E-state index contributed by atoms with van der Waals surface area (Å²) >= 11 is 0. The fourth-order valence-corrected chi connectivity index (χ4v) is 1.94. The lowest BCUT2D eigenvalue weighted by atomic mass is 9.86. The van der Waals surface area contributed by atoms with E-state index in [-0.39, 0.29) is 17.8 Å². The van der Waals surface area contributed by atoms with Crippen LogP contribution in [0.5, 0.6) is 0 Å². The van der Waals surface area contributed by atoms with Crippen molar-refractivity contribution in [1.29, 1.82) is 0 Å². The van der Waals surface area contributed by atoms with Gasteiger partial charge in [0.1, 0.15) is 0 Å². The molecule has 1 saturated heterocycles. The highest BCUT2D eigenvalue weighted by molar-refractivity contribution is 5.75. The van der Waals surface area contributed by atoms with E-state index in [4.69, 9.17) is 4.74 Å². The van der Waals surface area contributed by atoms with Crippen molar-refractivity contribution in [3.63, 3.8) is 0 Å². The van der Waals surface area contributed by atoms with E-state index in [2.05, 4.69) is 19.2 Å². The molecular formula is C14H20O2. The first-order chi connectivity index (χ1) is 7.56. The van der Waals surface area contributed by atoms with Gasteiger partial charge < -0.3 is 4.74 Å². The molecule has 16 heavy (non-hydrogen) atoms. The first-order valence-corrected chi connectivity index (χ1v) is 5.67. The summed E-state index contributed by atoms with van der Waals surface area (Å²) in [7, 11) is 0. The standard InChI is InChI=1S/C14H20O2/c1-5-11(4)7-6-8-12-13(10(2)3)9-16-14(12)15/h5,7,12-13H,1-2,6,8-9H2,3-4H3/b11-7+/t12-,13+/m0/s1. The highest BCUT2D eigenvalue weighted by Crippen LogP contribution is 2.31. The number of ether oxygens (including phenoxy) is 1. The predicted octanol–water partition coefficient (Wildman–Crippen LogP) is 3.26. The molecule has 0 aromatic carbocycles. The number of cyclic esters (lactones) is 1. The van der Waals surface area contributed by atoms with E-state index >= 15 is 0 Å². The van der Waals surface area contributed by atoms with E-state index in [0.717, 1.165) is 24.0 Å². The summed E-state index contributed by atoms with van der Waals surface area (Å²) in [5.41, 5.74) is 2.19. The average Bonchev–Trinajstić information content (AvgIpc) is 2.60. The quantitative estimate of drug-likeness (QED) is 0.404. The summed E-state index contributed by atoms with van der Waals surface area (Å²) in [5.74, 6) is 0.119. The van der Waals surface area contributed by atoms with Gasteiger partial charge in [0.2, 0.25) is 0 Å². The van der Waals surface area contributed by atoms with Crippen LogP contribution in [0.3, 0.4) is 0 Å². The topological polar surface area (TPSA) is 26.3 Å². The van der Waals surface area contributed by atoms with Crippen molar-refractivity contribution in [2.45, 2.75) is 26.7 Å². The van der Waals surface area contributed by atoms with Crippen LogP contribution in [0.4, 0.5) is 0 Å². The van der Waals surface area contributed by atoms with E-state index in [1.165, 1.54) is 0 Å². The molecule has 2 heteroatoms. The van der Waals surface area contributed by atoms with Gasteiger partial charge in [0.05, 0.1) is 12.5 Å². The second kappa shape index (κ2) is 5.69. The first-order valence-electron chi connectivity index (χ1n) is 5.67. The molecule has 2 nitrogen and oxygen atoms in total. The molecular weight excluding hydrogens is 200 g/mol. The molecule has 0 radical (unpaired) electrons. The summed E-state index contributed by atoms with van der Waals surface area (Å²) < 4.78 is 5.08. The van der Waals surface area contributed by atoms with Crippen LogP contribution in [-0.2, 0) is 9.53 Å². The first kappa shape index (κ1) is 12.8. The normalized spacial score (nSPS) is 25.4. The molecule has 1 aliphatic heterocycles. The minimum absolute atomic E-state index is 0.00800. The maximum Gasteiger partial charge on any atom is 0.309 e. The number of hydrogen-bond acceptors (Lipinski definition) is 2. The van der Waals surface area contributed by atoms with Gasteiger partial charge in [-0.25, -0.2) is 0 Å².